The molecule has 0 radical (unpaired) electrons. The normalized spacial score (nSPS) is 19.4. The molecule has 2 fully saturated rings. The summed E-state index contributed by atoms with van der Waals surface area (Å²) in [7, 11) is 0. The lowest BCUT2D eigenvalue weighted by molar-refractivity contribution is -0.385. The number of non-ortho nitro benzene ring substituents is 2. The molecule has 0 spiro atoms. The molecule has 2 aliphatic carbocycles. The fourth-order valence-electron chi connectivity index (χ4n) is 5.41. The molecule has 0 saturated heterocycles. The lowest BCUT2D eigenvalue weighted by Crippen LogP contribution is -2.33. The minimum Gasteiger partial charge on any atom is -0.385 e. The SMILES string of the molecule is O=C(c1ccc([N+](=O)[O-])cc1C1(O)CCCCC1)c1ccc([N+](=O)[O-])cc1C1(O)CCCCC1. The number of benzene rings is 2. The fourth-order valence-corrected chi connectivity index (χ4v) is 5.41. The molecule has 2 aromatic carbocycles. The fraction of sp³-hybridized carbons (Fsp3) is 0.480. The summed E-state index contributed by atoms with van der Waals surface area (Å²) in [6, 6.07) is 7.67. The second-order valence-corrected chi connectivity index (χ2v) is 9.49. The Balaban J connectivity index is 1.87. The van der Waals surface area contributed by atoms with E-state index in [4.69, 9.17) is 0 Å². The van der Waals surface area contributed by atoms with Gasteiger partial charge < -0.3 is 10.2 Å². The Labute approximate surface area is 196 Å². The smallest absolute Gasteiger partial charge is 0.269 e. The molecule has 2 aromatic rings. The standard InChI is InChI=1S/C25H28N2O7/c28-23(19-9-7-17(26(31)32)15-21(19)24(29)11-3-1-4-12-24)20-10-8-18(27(33)34)16-22(20)25(30)13-5-2-6-14-25/h7-10,15-16,29-30H,1-6,11-14H2. The van der Waals surface area contributed by atoms with Gasteiger partial charge in [0.05, 0.1) is 21.0 Å². The molecule has 4 rings (SSSR count). The zero-order valence-electron chi connectivity index (χ0n) is 18.9. The number of nitro groups is 2. The lowest BCUT2D eigenvalue weighted by Gasteiger charge is -2.35. The molecule has 9 heteroatoms. The Kier molecular flexibility index (Phi) is 6.51. The first-order valence-corrected chi connectivity index (χ1v) is 11.7. The van der Waals surface area contributed by atoms with Gasteiger partial charge in [0, 0.05) is 46.5 Å². The molecular formula is C25H28N2O7. The third-order valence-corrected chi connectivity index (χ3v) is 7.28. The van der Waals surface area contributed by atoms with E-state index in [9.17, 15) is 35.2 Å². The predicted octanol–water partition coefficient (Wildman–Crippen LogP) is 5.04. The van der Waals surface area contributed by atoms with Crippen molar-refractivity contribution in [2.45, 2.75) is 75.4 Å². The van der Waals surface area contributed by atoms with E-state index in [1.54, 1.807) is 0 Å². The van der Waals surface area contributed by atoms with Crippen LogP contribution in [0.5, 0.6) is 0 Å². The number of carbonyl (C=O) groups is 1. The zero-order valence-corrected chi connectivity index (χ0v) is 18.9. The van der Waals surface area contributed by atoms with E-state index in [0.29, 0.717) is 25.7 Å². The largest absolute Gasteiger partial charge is 0.385 e. The van der Waals surface area contributed by atoms with Gasteiger partial charge in [0.2, 0.25) is 0 Å². The molecule has 34 heavy (non-hydrogen) atoms. The van der Waals surface area contributed by atoms with Crippen LogP contribution in [0.25, 0.3) is 0 Å². The minimum absolute atomic E-state index is 0.115. The van der Waals surface area contributed by atoms with Crippen LogP contribution in [0.15, 0.2) is 36.4 Å². The molecule has 0 aliphatic heterocycles. The maximum Gasteiger partial charge on any atom is 0.269 e. The number of hydrogen-bond acceptors (Lipinski definition) is 7. The van der Waals surface area contributed by atoms with Gasteiger partial charge in [-0.1, -0.05) is 38.5 Å². The molecule has 0 bridgehead atoms. The second-order valence-electron chi connectivity index (χ2n) is 9.49. The Morgan fingerprint density at radius 3 is 1.35 bits per heavy atom. The summed E-state index contributed by atoms with van der Waals surface area (Å²) >= 11 is 0. The predicted molar refractivity (Wildman–Crippen MR) is 124 cm³/mol. The van der Waals surface area contributed by atoms with Crippen molar-refractivity contribution < 1.29 is 24.9 Å². The average molecular weight is 469 g/mol. The monoisotopic (exact) mass is 468 g/mol. The number of nitro benzene ring substituents is 2. The lowest BCUT2D eigenvalue weighted by atomic mass is 9.74. The van der Waals surface area contributed by atoms with Crippen molar-refractivity contribution in [1.82, 2.24) is 0 Å². The van der Waals surface area contributed by atoms with Crippen LogP contribution in [0.4, 0.5) is 11.4 Å². The summed E-state index contributed by atoms with van der Waals surface area (Å²) in [5.74, 6) is -0.521. The quantitative estimate of drug-likeness (QED) is 0.343. The van der Waals surface area contributed by atoms with Crippen molar-refractivity contribution in [3.63, 3.8) is 0 Å². The van der Waals surface area contributed by atoms with Crippen molar-refractivity contribution in [2.24, 2.45) is 0 Å². The van der Waals surface area contributed by atoms with Gasteiger partial charge in [-0.2, -0.15) is 0 Å². The van der Waals surface area contributed by atoms with E-state index >= 15 is 0 Å². The van der Waals surface area contributed by atoms with Crippen molar-refractivity contribution in [1.29, 1.82) is 0 Å². The summed E-state index contributed by atoms with van der Waals surface area (Å²) in [4.78, 5) is 35.6. The van der Waals surface area contributed by atoms with Crippen LogP contribution >= 0.6 is 0 Å². The number of aliphatic hydroxyl groups is 2. The van der Waals surface area contributed by atoms with Crippen molar-refractivity contribution in [2.75, 3.05) is 0 Å². The maximum atomic E-state index is 13.9. The van der Waals surface area contributed by atoms with Crippen LogP contribution in [0.3, 0.4) is 0 Å². The van der Waals surface area contributed by atoms with Gasteiger partial charge in [-0.3, -0.25) is 25.0 Å². The van der Waals surface area contributed by atoms with Crippen LogP contribution in [-0.2, 0) is 11.2 Å². The third kappa shape index (κ3) is 4.45. The minimum atomic E-state index is -1.38. The molecule has 0 atom stereocenters. The van der Waals surface area contributed by atoms with Crippen LogP contribution in [-0.4, -0.2) is 25.8 Å². The summed E-state index contributed by atoms with van der Waals surface area (Å²) in [5.41, 5.74) is -2.57. The van der Waals surface area contributed by atoms with Crippen molar-refractivity contribution in [3.8, 4) is 0 Å². The number of rotatable bonds is 6. The molecule has 2 aliphatic rings. The molecule has 9 nitrogen and oxygen atoms in total. The van der Waals surface area contributed by atoms with E-state index in [0.717, 1.165) is 38.5 Å². The molecule has 0 amide bonds. The Morgan fingerprint density at radius 2 is 1.03 bits per heavy atom. The van der Waals surface area contributed by atoms with Crippen molar-refractivity contribution in [3.05, 3.63) is 78.9 Å². The van der Waals surface area contributed by atoms with Crippen LogP contribution in [0.2, 0.25) is 0 Å². The number of hydrogen-bond donors (Lipinski definition) is 2. The van der Waals surface area contributed by atoms with Crippen molar-refractivity contribution >= 4 is 17.2 Å². The average Bonchev–Trinajstić information content (AvgIpc) is 2.83. The maximum absolute atomic E-state index is 13.9. The second kappa shape index (κ2) is 9.23. The van der Waals surface area contributed by atoms with Crippen LogP contribution in [0, 0.1) is 20.2 Å². The van der Waals surface area contributed by atoms with Gasteiger partial charge in [0.25, 0.3) is 11.4 Å². The highest BCUT2D eigenvalue weighted by Gasteiger charge is 2.39. The number of nitrogens with zero attached hydrogens (tertiary/aromatic N) is 2. The Bertz CT molecular complexity index is 1040. The van der Waals surface area contributed by atoms with E-state index in [2.05, 4.69) is 0 Å². The zero-order chi connectivity index (χ0) is 24.5. The van der Waals surface area contributed by atoms with Gasteiger partial charge in [0.15, 0.2) is 5.78 Å². The summed E-state index contributed by atoms with van der Waals surface area (Å²) in [5, 5.41) is 45.7. The third-order valence-electron chi connectivity index (χ3n) is 7.28. The molecule has 0 heterocycles. The highest BCUT2D eigenvalue weighted by molar-refractivity contribution is 6.11. The van der Waals surface area contributed by atoms with Gasteiger partial charge in [-0.05, 0) is 37.8 Å². The highest BCUT2D eigenvalue weighted by atomic mass is 16.6. The number of ketones is 1. The van der Waals surface area contributed by atoms with E-state index in [-0.39, 0.29) is 33.6 Å². The first-order chi connectivity index (χ1) is 16.1. The van der Waals surface area contributed by atoms with E-state index in [1.165, 1.54) is 36.4 Å². The molecular weight excluding hydrogens is 440 g/mol. The molecule has 0 unspecified atom stereocenters. The van der Waals surface area contributed by atoms with Gasteiger partial charge in [-0.25, -0.2) is 0 Å². The van der Waals surface area contributed by atoms with Gasteiger partial charge >= 0.3 is 0 Å². The van der Waals surface area contributed by atoms with E-state index in [1.807, 2.05) is 0 Å². The first kappa shape index (κ1) is 24.0. The first-order valence-electron chi connectivity index (χ1n) is 11.7. The summed E-state index contributed by atoms with van der Waals surface area (Å²) < 4.78 is 0. The number of carbonyl (C=O) groups excluding carboxylic acids is 1. The Morgan fingerprint density at radius 1 is 0.676 bits per heavy atom. The van der Waals surface area contributed by atoms with E-state index < -0.39 is 26.8 Å². The van der Waals surface area contributed by atoms with Crippen LogP contribution < -0.4 is 0 Å². The highest BCUT2D eigenvalue weighted by Crippen LogP contribution is 2.43. The summed E-state index contributed by atoms with van der Waals surface area (Å²) in [6.07, 6.45) is 6.31. The molecule has 2 saturated carbocycles. The topological polar surface area (TPSA) is 144 Å². The summed E-state index contributed by atoms with van der Waals surface area (Å²) in [6.45, 7) is 0. The van der Waals surface area contributed by atoms with Gasteiger partial charge in [0.1, 0.15) is 0 Å². The molecule has 2 N–H and O–H groups in total. The Hall–Kier alpha value is -3.17. The molecule has 180 valence electrons. The van der Waals surface area contributed by atoms with Gasteiger partial charge in [-0.15, -0.1) is 0 Å². The molecule has 0 aromatic heterocycles. The van der Waals surface area contributed by atoms with Crippen LogP contribution in [0.1, 0.15) is 91.3 Å².